The van der Waals surface area contributed by atoms with Crippen molar-refractivity contribution >= 4 is 23.1 Å². The summed E-state index contributed by atoms with van der Waals surface area (Å²) in [4.78, 5) is 22.5. The van der Waals surface area contributed by atoms with Crippen LogP contribution in [0.25, 0.3) is 0 Å². The summed E-state index contributed by atoms with van der Waals surface area (Å²) < 4.78 is 41.1. The molecule has 0 saturated heterocycles. The first-order valence-electron chi connectivity index (χ1n) is 9.11. The van der Waals surface area contributed by atoms with Crippen LogP contribution in [0.2, 0.25) is 0 Å². The number of anilines is 3. The molecule has 0 unspecified atom stereocenters. The number of ether oxygens (including phenoxy) is 1. The molecular formula is C19H22F3N5O2. The molecule has 1 atom stereocenters. The van der Waals surface area contributed by atoms with Gasteiger partial charge in [-0.25, -0.2) is 9.97 Å². The molecule has 0 radical (unpaired) electrons. The molecule has 1 amide bonds. The molecule has 3 heterocycles. The van der Waals surface area contributed by atoms with E-state index in [1.54, 1.807) is 6.07 Å². The fourth-order valence-electron chi connectivity index (χ4n) is 3.14. The molecule has 0 saturated carbocycles. The number of alkyl halides is 3. The molecule has 7 nitrogen and oxygen atoms in total. The first-order chi connectivity index (χ1) is 13.7. The summed E-state index contributed by atoms with van der Waals surface area (Å²) in [7, 11) is 1.87. The maximum absolute atomic E-state index is 12.2. The molecule has 0 aliphatic carbocycles. The van der Waals surface area contributed by atoms with Gasteiger partial charge in [0.2, 0.25) is 11.8 Å². The van der Waals surface area contributed by atoms with Crippen LogP contribution in [0.3, 0.4) is 0 Å². The number of aryl methyl sites for hydroxylation is 1. The summed E-state index contributed by atoms with van der Waals surface area (Å²) in [5.41, 5.74) is 3.02. The van der Waals surface area contributed by atoms with Gasteiger partial charge in [-0.2, -0.15) is 13.2 Å². The van der Waals surface area contributed by atoms with Gasteiger partial charge in [0.1, 0.15) is 11.9 Å². The number of hydrogen-bond acceptors (Lipinski definition) is 6. The summed E-state index contributed by atoms with van der Waals surface area (Å²) in [6, 6.07) is 4.64. The van der Waals surface area contributed by atoms with E-state index in [2.05, 4.69) is 25.3 Å². The van der Waals surface area contributed by atoms with Gasteiger partial charge in [-0.1, -0.05) is 13.0 Å². The Morgan fingerprint density at radius 2 is 2.10 bits per heavy atom. The number of hydrogen-bond donors (Lipinski definition) is 2. The third-order valence-electron chi connectivity index (χ3n) is 4.62. The van der Waals surface area contributed by atoms with E-state index in [1.165, 1.54) is 12.3 Å². The number of pyridine rings is 2. The standard InChI is InChI=1S/C19H22F3N5O2/c1-4-13-18(28)26-17-11(2)25-15(7-14(17)27(13)3)23-8-12-5-6-16(24-9-12)29-10-19(20,21)22/h5-7,9,13H,4,8,10H2,1-3H3,(H,23,25)(H,26,28)/t13-/m0/s1. The largest absolute Gasteiger partial charge is 0.468 e. The van der Waals surface area contributed by atoms with E-state index in [1.807, 2.05) is 31.9 Å². The maximum Gasteiger partial charge on any atom is 0.422 e. The van der Waals surface area contributed by atoms with Crippen molar-refractivity contribution in [1.29, 1.82) is 0 Å². The molecule has 156 valence electrons. The van der Waals surface area contributed by atoms with Crippen LogP contribution in [0.4, 0.5) is 30.4 Å². The Balaban J connectivity index is 1.68. The van der Waals surface area contributed by atoms with Crippen LogP contribution in [0, 0.1) is 6.92 Å². The number of nitrogens with zero attached hydrogens (tertiary/aromatic N) is 3. The van der Waals surface area contributed by atoms with Crippen LogP contribution in [-0.2, 0) is 11.3 Å². The van der Waals surface area contributed by atoms with Gasteiger partial charge in [0.05, 0.1) is 17.1 Å². The number of nitrogens with one attached hydrogen (secondary N) is 2. The number of amides is 1. The zero-order valence-corrected chi connectivity index (χ0v) is 16.3. The molecule has 1 aliphatic rings. The highest BCUT2D eigenvalue weighted by Gasteiger charge is 2.31. The quantitative estimate of drug-likeness (QED) is 0.760. The highest BCUT2D eigenvalue weighted by molar-refractivity contribution is 6.04. The molecule has 0 fully saturated rings. The minimum atomic E-state index is -4.40. The Bertz CT molecular complexity index is 887. The lowest BCUT2D eigenvalue weighted by Gasteiger charge is -2.35. The number of halogens is 3. The molecular weight excluding hydrogens is 387 g/mol. The van der Waals surface area contributed by atoms with Gasteiger partial charge in [-0.15, -0.1) is 0 Å². The Morgan fingerprint density at radius 3 is 2.72 bits per heavy atom. The van der Waals surface area contributed by atoms with E-state index in [0.29, 0.717) is 30.2 Å². The molecule has 0 bridgehead atoms. The SMILES string of the molecule is CC[C@H]1C(=O)Nc2c(cc(NCc3ccc(OCC(F)(F)F)nc3)nc2C)N1C. The molecule has 1 aliphatic heterocycles. The van der Waals surface area contributed by atoms with Crippen molar-refractivity contribution in [3.8, 4) is 5.88 Å². The lowest BCUT2D eigenvalue weighted by molar-refractivity contribution is -0.154. The first-order valence-corrected chi connectivity index (χ1v) is 9.11. The number of fused-ring (bicyclic) bond motifs is 1. The molecule has 3 rings (SSSR count). The zero-order chi connectivity index (χ0) is 21.2. The number of carbonyl (C=O) groups is 1. The molecule has 0 spiro atoms. The van der Waals surface area contributed by atoms with Crippen LogP contribution in [0.5, 0.6) is 5.88 Å². The summed E-state index contributed by atoms with van der Waals surface area (Å²) in [6.07, 6.45) is -2.27. The van der Waals surface area contributed by atoms with Crippen molar-refractivity contribution in [3.63, 3.8) is 0 Å². The summed E-state index contributed by atoms with van der Waals surface area (Å²) in [5.74, 6) is 0.486. The van der Waals surface area contributed by atoms with Gasteiger partial charge in [0.25, 0.3) is 0 Å². The molecule has 29 heavy (non-hydrogen) atoms. The van der Waals surface area contributed by atoms with E-state index in [-0.39, 0.29) is 17.8 Å². The Hall–Kier alpha value is -3.04. The monoisotopic (exact) mass is 409 g/mol. The number of rotatable bonds is 6. The Kier molecular flexibility index (Phi) is 5.81. The maximum atomic E-state index is 12.2. The minimum Gasteiger partial charge on any atom is -0.468 e. The molecule has 10 heteroatoms. The lowest BCUT2D eigenvalue weighted by Crippen LogP contribution is -2.45. The van der Waals surface area contributed by atoms with Gasteiger partial charge in [0, 0.05) is 31.9 Å². The van der Waals surface area contributed by atoms with Crippen molar-refractivity contribution in [2.75, 3.05) is 29.2 Å². The average Bonchev–Trinajstić information content (AvgIpc) is 2.66. The summed E-state index contributed by atoms with van der Waals surface area (Å²) in [6.45, 7) is 2.77. The van der Waals surface area contributed by atoms with Crippen LogP contribution >= 0.6 is 0 Å². The molecule has 0 aromatic carbocycles. The number of likely N-dealkylation sites (N-methyl/N-ethyl adjacent to an activating group) is 1. The Labute approximate surface area is 166 Å². The van der Waals surface area contributed by atoms with Crippen molar-refractivity contribution in [3.05, 3.63) is 35.7 Å². The van der Waals surface area contributed by atoms with Crippen LogP contribution in [0.1, 0.15) is 24.6 Å². The third kappa shape index (κ3) is 4.87. The second-order valence-corrected chi connectivity index (χ2v) is 6.77. The minimum absolute atomic E-state index is 0.0491. The fourth-order valence-corrected chi connectivity index (χ4v) is 3.14. The number of aromatic nitrogens is 2. The highest BCUT2D eigenvalue weighted by Crippen LogP contribution is 2.35. The van der Waals surface area contributed by atoms with Gasteiger partial charge in [0.15, 0.2) is 6.61 Å². The lowest BCUT2D eigenvalue weighted by atomic mass is 10.1. The van der Waals surface area contributed by atoms with Crippen LogP contribution in [0.15, 0.2) is 24.4 Å². The van der Waals surface area contributed by atoms with Crippen molar-refractivity contribution in [1.82, 2.24) is 9.97 Å². The van der Waals surface area contributed by atoms with Gasteiger partial charge < -0.3 is 20.3 Å². The van der Waals surface area contributed by atoms with Crippen molar-refractivity contribution < 1.29 is 22.7 Å². The normalized spacial score (nSPS) is 16.3. The second-order valence-electron chi connectivity index (χ2n) is 6.77. The van der Waals surface area contributed by atoms with Crippen LogP contribution < -0.4 is 20.3 Å². The molecule has 2 aromatic rings. The molecule has 2 aromatic heterocycles. The van der Waals surface area contributed by atoms with Crippen molar-refractivity contribution in [2.45, 2.75) is 39.0 Å². The summed E-state index contributed by atoms with van der Waals surface area (Å²) in [5, 5.41) is 6.10. The molecule has 2 N–H and O–H groups in total. The van der Waals surface area contributed by atoms with E-state index in [0.717, 1.165) is 11.3 Å². The van der Waals surface area contributed by atoms with E-state index >= 15 is 0 Å². The topological polar surface area (TPSA) is 79.4 Å². The van der Waals surface area contributed by atoms with Gasteiger partial charge in [-0.3, -0.25) is 4.79 Å². The smallest absolute Gasteiger partial charge is 0.422 e. The highest BCUT2D eigenvalue weighted by atomic mass is 19.4. The predicted molar refractivity (Wildman–Crippen MR) is 103 cm³/mol. The van der Waals surface area contributed by atoms with Crippen LogP contribution in [-0.4, -0.2) is 41.7 Å². The predicted octanol–water partition coefficient (Wildman–Crippen LogP) is 3.51. The van der Waals surface area contributed by atoms with Crippen molar-refractivity contribution in [2.24, 2.45) is 0 Å². The second kappa shape index (κ2) is 8.14. The first kappa shape index (κ1) is 20.7. The average molecular weight is 409 g/mol. The van der Waals surface area contributed by atoms with E-state index < -0.39 is 12.8 Å². The zero-order valence-electron chi connectivity index (χ0n) is 16.3. The van der Waals surface area contributed by atoms with E-state index in [4.69, 9.17) is 0 Å². The van der Waals surface area contributed by atoms with Gasteiger partial charge in [-0.05, 0) is 18.9 Å². The number of carbonyl (C=O) groups excluding carboxylic acids is 1. The summed E-state index contributed by atoms with van der Waals surface area (Å²) >= 11 is 0. The third-order valence-corrected chi connectivity index (χ3v) is 4.62. The Morgan fingerprint density at radius 1 is 1.34 bits per heavy atom. The fraction of sp³-hybridized carbons (Fsp3) is 0.421. The van der Waals surface area contributed by atoms with Gasteiger partial charge >= 0.3 is 6.18 Å². The van der Waals surface area contributed by atoms with E-state index in [9.17, 15) is 18.0 Å².